The van der Waals surface area contributed by atoms with E-state index in [1.165, 1.54) is 0 Å². The number of rotatable bonds is 2. The molecular formula is C12H16N4. The number of hydrogen-bond donors (Lipinski definition) is 0. The Bertz CT molecular complexity index is 482. The number of aromatic nitrogens is 4. The maximum Gasteiger partial charge on any atom is 0.250 e. The average molecular weight is 216 g/mol. The third-order valence-corrected chi connectivity index (χ3v) is 2.52. The van der Waals surface area contributed by atoms with Gasteiger partial charge in [-0.05, 0) is 31.4 Å². The molecule has 2 rings (SSSR count). The van der Waals surface area contributed by atoms with Crippen LogP contribution in [0.5, 0.6) is 0 Å². The van der Waals surface area contributed by atoms with E-state index in [1.54, 1.807) is 4.68 Å². The summed E-state index contributed by atoms with van der Waals surface area (Å²) in [7, 11) is 0. The molecule has 0 fully saturated rings. The second kappa shape index (κ2) is 4.04. The van der Waals surface area contributed by atoms with Gasteiger partial charge in [-0.1, -0.05) is 13.8 Å². The van der Waals surface area contributed by atoms with Crippen molar-refractivity contribution in [3.8, 4) is 5.95 Å². The number of aryl methyl sites for hydroxylation is 2. The lowest BCUT2D eigenvalue weighted by Crippen LogP contribution is -2.05. The van der Waals surface area contributed by atoms with Crippen molar-refractivity contribution in [2.45, 2.75) is 33.6 Å². The van der Waals surface area contributed by atoms with Gasteiger partial charge in [-0.25, -0.2) is 14.6 Å². The first-order valence-electron chi connectivity index (χ1n) is 5.43. The van der Waals surface area contributed by atoms with Crippen LogP contribution in [0.3, 0.4) is 0 Å². The third kappa shape index (κ3) is 1.96. The largest absolute Gasteiger partial charge is 0.250 e. The van der Waals surface area contributed by atoms with Crippen molar-refractivity contribution < 1.29 is 0 Å². The van der Waals surface area contributed by atoms with Crippen LogP contribution >= 0.6 is 0 Å². The highest BCUT2D eigenvalue weighted by atomic mass is 15.3. The zero-order valence-electron chi connectivity index (χ0n) is 10.1. The summed E-state index contributed by atoms with van der Waals surface area (Å²) in [6, 6.07) is 2.01. The van der Waals surface area contributed by atoms with Crippen molar-refractivity contribution in [1.82, 2.24) is 19.7 Å². The Morgan fingerprint density at radius 2 is 1.75 bits per heavy atom. The molecule has 0 saturated carbocycles. The Morgan fingerprint density at radius 3 is 2.19 bits per heavy atom. The quantitative estimate of drug-likeness (QED) is 0.774. The second-order valence-corrected chi connectivity index (χ2v) is 4.31. The Morgan fingerprint density at radius 1 is 1.12 bits per heavy atom. The van der Waals surface area contributed by atoms with Gasteiger partial charge in [0, 0.05) is 18.1 Å². The molecule has 16 heavy (non-hydrogen) atoms. The van der Waals surface area contributed by atoms with E-state index in [-0.39, 0.29) is 0 Å². The van der Waals surface area contributed by atoms with Gasteiger partial charge >= 0.3 is 0 Å². The van der Waals surface area contributed by atoms with Crippen molar-refractivity contribution in [1.29, 1.82) is 0 Å². The van der Waals surface area contributed by atoms with Crippen LogP contribution in [0.4, 0.5) is 0 Å². The van der Waals surface area contributed by atoms with Gasteiger partial charge in [0.15, 0.2) is 0 Å². The molecule has 0 atom stereocenters. The molecule has 0 aromatic carbocycles. The fourth-order valence-corrected chi connectivity index (χ4v) is 1.57. The van der Waals surface area contributed by atoms with Crippen LogP contribution in [0.15, 0.2) is 18.5 Å². The van der Waals surface area contributed by atoms with Gasteiger partial charge in [0.2, 0.25) is 0 Å². The van der Waals surface area contributed by atoms with Gasteiger partial charge in [0.1, 0.15) is 0 Å². The van der Waals surface area contributed by atoms with E-state index in [1.807, 2.05) is 32.3 Å². The first-order chi connectivity index (χ1) is 7.58. The molecule has 84 valence electrons. The Labute approximate surface area is 95.4 Å². The van der Waals surface area contributed by atoms with Crippen LogP contribution in [-0.4, -0.2) is 19.7 Å². The number of hydrogen-bond acceptors (Lipinski definition) is 3. The van der Waals surface area contributed by atoms with Crippen LogP contribution in [0.25, 0.3) is 5.95 Å². The minimum Gasteiger partial charge on any atom is -0.219 e. The van der Waals surface area contributed by atoms with Crippen LogP contribution in [0, 0.1) is 13.8 Å². The van der Waals surface area contributed by atoms with Crippen molar-refractivity contribution in [3.05, 3.63) is 35.4 Å². The first-order valence-corrected chi connectivity index (χ1v) is 5.43. The highest BCUT2D eigenvalue weighted by Gasteiger charge is 2.07. The molecule has 0 unspecified atom stereocenters. The fraction of sp³-hybridized carbons (Fsp3) is 0.417. The summed E-state index contributed by atoms with van der Waals surface area (Å²) in [6.45, 7) is 8.22. The topological polar surface area (TPSA) is 43.6 Å². The van der Waals surface area contributed by atoms with E-state index < -0.39 is 0 Å². The minimum absolute atomic E-state index is 0.453. The van der Waals surface area contributed by atoms with Crippen LogP contribution in [0.2, 0.25) is 0 Å². The second-order valence-electron chi connectivity index (χ2n) is 4.31. The van der Waals surface area contributed by atoms with Crippen LogP contribution in [-0.2, 0) is 0 Å². The molecular weight excluding hydrogens is 200 g/mol. The third-order valence-electron chi connectivity index (χ3n) is 2.52. The van der Waals surface area contributed by atoms with Gasteiger partial charge in [-0.3, -0.25) is 0 Å². The van der Waals surface area contributed by atoms with E-state index in [4.69, 9.17) is 0 Å². The summed E-state index contributed by atoms with van der Waals surface area (Å²) in [5.41, 5.74) is 3.18. The monoisotopic (exact) mass is 216 g/mol. The molecule has 2 heterocycles. The molecule has 0 bridgehead atoms. The molecule has 0 N–H and O–H groups in total. The molecule has 0 amide bonds. The molecule has 0 saturated heterocycles. The Balaban J connectivity index is 2.38. The molecule has 4 heteroatoms. The van der Waals surface area contributed by atoms with E-state index >= 15 is 0 Å². The summed E-state index contributed by atoms with van der Waals surface area (Å²) in [4.78, 5) is 8.67. The van der Waals surface area contributed by atoms with Gasteiger partial charge in [-0.15, -0.1) is 0 Å². The molecule has 4 nitrogen and oxygen atoms in total. The lowest BCUT2D eigenvalue weighted by molar-refractivity contribution is 0.759. The summed E-state index contributed by atoms with van der Waals surface area (Å²) >= 11 is 0. The number of nitrogens with zero attached hydrogens (tertiary/aromatic N) is 4. The van der Waals surface area contributed by atoms with Crippen molar-refractivity contribution in [2.75, 3.05) is 0 Å². The average Bonchev–Trinajstić information content (AvgIpc) is 2.58. The Hall–Kier alpha value is -1.71. The maximum absolute atomic E-state index is 4.35. The summed E-state index contributed by atoms with van der Waals surface area (Å²) in [5, 5.41) is 4.35. The Kier molecular flexibility index (Phi) is 2.73. The summed E-state index contributed by atoms with van der Waals surface area (Å²) < 4.78 is 1.76. The molecule has 2 aromatic heterocycles. The predicted molar refractivity (Wildman–Crippen MR) is 62.7 cm³/mol. The van der Waals surface area contributed by atoms with Gasteiger partial charge < -0.3 is 0 Å². The lowest BCUT2D eigenvalue weighted by Gasteiger charge is -2.05. The van der Waals surface area contributed by atoms with Crippen molar-refractivity contribution >= 4 is 0 Å². The standard InChI is InChI=1S/C12H16N4/c1-8(2)11-6-13-12(14-7-11)16-10(4)5-9(3)15-16/h5-8H,1-4H3. The SMILES string of the molecule is Cc1cc(C)n(-c2ncc(C(C)C)cn2)n1. The molecule has 0 radical (unpaired) electrons. The summed E-state index contributed by atoms with van der Waals surface area (Å²) in [6.07, 6.45) is 3.73. The molecule has 2 aromatic rings. The van der Waals surface area contributed by atoms with Crippen LogP contribution in [0.1, 0.15) is 36.7 Å². The minimum atomic E-state index is 0.453. The highest BCUT2D eigenvalue weighted by molar-refractivity contribution is 5.20. The van der Waals surface area contributed by atoms with E-state index in [9.17, 15) is 0 Å². The van der Waals surface area contributed by atoms with Crippen molar-refractivity contribution in [2.24, 2.45) is 0 Å². The predicted octanol–water partition coefficient (Wildman–Crippen LogP) is 2.40. The molecule has 0 aliphatic heterocycles. The lowest BCUT2D eigenvalue weighted by atomic mass is 10.1. The van der Waals surface area contributed by atoms with Gasteiger partial charge in [-0.2, -0.15) is 5.10 Å². The maximum atomic E-state index is 4.35. The van der Waals surface area contributed by atoms with E-state index in [0.29, 0.717) is 11.9 Å². The first kappa shape index (κ1) is 10.8. The normalized spacial score (nSPS) is 11.1. The smallest absolute Gasteiger partial charge is 0.219 e. The van der Waals surface area contributed by atoms with Gasteiger partial charge in [0.05, 0.1) is 5.69 Å². The summed E-state index contributed by atoms with van der Waals surface area (Å²) in [5.74, 6) is 1.09. The van der Waals surface area contributed by atoms with Gasteiger partial charge in [0.25, 0.3) is 5.95 Å². The molecule has 0 aliphatic carbocycles. The molecule has 0 aliphatic rings. The van der Waals surface area contributed by atoms with E-state index in [0.717, 1.165) is 17.0 Å². The zero-order valence-corrected chi connectivity index (χ0v) is 10.1. The molecule has 0 spiro atoms. The van der Waals surface area contributed by atoms with E-state index in [2.05, 4.69) is 28.9 Å². The highest BCUT2D eigenvalue weighted by Crippen LogP contribution is 2.13. The van der Waals surface area contributed by atoms with Crippen molar-refractivity contribution in [3.63, 3.8) is 0 Å². The zero-order chi connectivity index (χ0) is 11.7. The van der Waals surface area contributed by atoms with Crippen LogP contribution < -0.4 is 0 Å². The fourth-order valence-electron chi connectivity index (χ4n) is 1.57.